The quantitative estimate of drug-likeness (QED) is 0.679. The highest BCUT2D eigenvalue weighted by atomic mass is 16.5. The average Bonchev–Trinajstić information content (AvgIpc) is 2.69. The number of hydrogen-bond donors (Lipinski definition) is 0. The van der Waals surface area contributed by atoms with Crippen LogP contribution in [0.5, 0.6) is 0 Å². The van der Waals surface area contributed by atoms with Crippen LogP contribution in [0.15, 0.2) is 48.8 Å². The number of carbonyl (C=O) groups excluding carboxylic acids is 1. The highest BCUT2D eigenvalue weighted by Crippen LogP contribution is 2.34. The van der Waals surface area contributed by atoms with Crippen LogP contribution in [0.4, 0.5) is 0 Å². The van der Waals surface area contributed by atoms with E-state index >= 15 is 0 Å². The maximum Gasteiger partial charge on any atom is 0.339 e. The summed E-state index contributed by atoms with van der Waals surface area (Å²) in [5.74, 6) is -0.272. The van der Waals surface area contributed by atoms with Crippen molar-refractivity contribution in [2.24, 2.45) is 0 Å². The number of fused-ring (bicyclic) bond motifs is 1. The number of ether oxygens (including phenoxy) is 1. The van der Waals surface area contributed by atoms with Gasteiger partial charge in [0, 0.05) is 18.0 Å². The Morgan fingerprint density at radius 2 is 1.94 bits per heavy atom. The first-order valence-electron chi connectivity index (χ1n) is 5.06. The molecule has 0 aliphatic carbocycles. The van der Waals surface area contributed by atoms with Gasteiger partial charge < -0.3 is 4.74 Å². The van der Waals surface area contributed by atoms with E-state index < -0.39 is 0 Å². The van der Waals surface area contributed by atoms with Gasteiger partial charge in [-0.1, -0.05) is 30.3 Å². The van der Waals surface area contributed by atoms with Gasteiger partial charge in [-0.3, -0.25) is 4.98 Å². The van der Waals surface area contributed by atoms with Crippen LogP contribution in [0, 0.1) is 0 Å². The summed E-state index contributed by atoms with van der Waals surface area (Å²) in [6, 6.07) is 11.4. The maximum absolute atomic E-state index is 11.6. The molecule has 0 bridgehead atoms. The highest BCUT2D eigenvalue weighted by Gasteiger charge is 2.31. The molecule has 16 heavy (non-hydrogen) atoms. The molecule has 1 aromatic heterocycles. The minimum atomic E-state index is -0.308. The van der Waals surface area contributed by atoms with Crippen LogP contribution in [-0.2, 0) is 4.74 Å². The van der Waals surface area contributed by atoms with Crippen LogP contribution in [0.2, 0.25) is 0 Å². The van der Waals surface area contributed by atoms with E-state index in [-0.39, 0.29) is 12.1 Å². The molecule has 1 aliphatic rings. The summed E-state index contributed by atoms with van der Waals surface area (Å²) in [5, 5.41) is 0. The molecule has 0 spiro atoms. The summed E-state index contributed by atoms with van der Waals surface area (Å²) in [7, 11) is 0. The van der Waals surface area contributed by atoms with Gasteiger partial charge in [-0.2, -0.15) is 0 Å². The number of benzene rings is 1. The first-order chi connectivity index (χ1) is 7.86. The molecule has 3 nitrogen and oxygen atoms in total. The Labute approximate surface area is 92.7 Å². The summed E-state index contributed by atoms with van der Waals surface area (Å²) in [4.78, 5) is 15.6. The van der Waals surface area contributed by atoms with Gasteiger partial charge in [0.1, 0.15) is 0 Å². The molecule has 0 saturated heterocycles. The molecule has 1 aromatic carbocycles. The number of pyridine rings is 1. The van der Waals surface area contributed by atoms with Gasteiger partial charge in [0.2, 0.25) is 0 Å². The molecule has 0 N–H and O–H groups in total. The minimum Gasteiger partial charge on any atom is -0.449 e. The van der Waals surface area contributed by atoms with Crippen LogP contribution in [0.3, 0.4) is 0 Å². The Morgan fingerprint density at radius 1 is 1.12 bits per heavy atom. The number of aromatic nitrogens is 1. The molecule has 0 amide bonds. The second-order valence-electron chi connectivity index (χ2n) is 3.66. The van der Waals surface area contributed by atoms with Gasteiger partial charge in [0.25, 0.3) is 0 Å². The van der Waals surface area contributed by atoms with Crippen molar-refractivity contribution in [1.29, 1.82) is 0 Å². The Morgan fingerprint density at radius 3 is 2.75 bits per heavy atom. The van der Waals surface area contributed by atoms with Crippen molar-refractivity contribution in [3.63, 3.8) is 0 Å². The second kappa shape index (κ2) is 3.45. The normalized spacial score (nSPS) is 18.0. The molecule has 0 fully saturated rings. The Kier molecular flexibility index (Phi) is 1.96. The van der Waals surface area contributed by atoms with Crippen LogP contribution >= 0.6 is 0 Å². The molecule has 0 saturated carbocycles. The number of cyclic esters (lactones) is 1. The van der Waals surface area contributed by atoms with Crippen molar-refractivity contribution < 1.29 is 9.53 Å². The van der Waals surface area contributed by atoms with Gasteiger partial charge in [-0.15, -0.1) is 0 Å². The second-order valence-corrected chi connectivity index (χ2v) is 3.66. The van der Waals surface area contributed by atoms with E-state index in [1.165, 1.54) is 0 Å². The van der Waals surface area contributed by atoms with Gasteiger partial charge in [-0.25, -0.2) is 4.79 Å². The minimum absolute atomic E-state index is 0.272. The number of nitrogens with zero attached hydrogens (tertiary/aromatic N) is 1. The Bertz CT molecular complexity index is 537. The van der Waals surface area contributed by atoms with Crippen LogP contribution in [0.1, 0.15) is 27.6 Å². The Balaban J connectivity index is 2.11. The Hall–Kier alpha value is -2.16. The summed E-state index contributed by atoms with van der Waals surface area (Å²) in [6.07, 6.45) is 2.99. The van der Waals surface area contributed by atoms with E-state index in [0.717, 1.165) is 11.1 Å². The van der Waals surface area contributed by atoms with Crippen molar-refractivity contribution in [2.75, 3.05) is 0 Å². The van der Waals surface area contributed by atoms with E-state index in [0.29, 0.717) is 5.56 Å². The summed E-state index contributed by atoms with van der Waals surface area (Å²) in [6.45, 7) is 0. The molecular formula is C13H9NO2. The summed E-state index contributed by atoms with van der Waals surface area (Å²) >= 11 is 0. The highest BCUT2D eigenvalue weighted by molar-refractivity contribution is 5.94. The van der Waals surface area contributed by atoms with Crippen molar-refractivity contribution in [1.82, 2.24) is 4.98 Å². The molecule has 0 radical (unpaired) electrons. The zero-order chi connectivity index (χ0) is 11.0. The smallest absolute Gasteiger partial charge is 0.339 e. The summed E-state index contributed by atoms with van der Waals surface area (Å²) < 4.78 is 5.34. The number of carbonyl (C=O) groups is 1. The van der Waals surface area contributed by atoms with E-state index in [1.54, 1.807) is 18.5 Å². The fraction of sp³-hybridized carbons (Fsp3) is 0.0769. The fourth-order valence-electron chi connectivity index (χ4n) is 1.91. The lowest BCUT2D eigenvalue weighted by atomic mass is 10.0. The molecule has 1 aliphatic heterocycles. The predicted molar refractivity (Wildman–Crippen MR) is 57.9 cm³/mol. The molecule has 3 heteroatoms. The largest absolute Gasteiger partial charge is 0.449 e. The van der Waals surface area contributed by atoms with Crippen LogP contribution in [0.25, 0.3) is 0 Å². The lowest BCUT2D eigenvalue weighted by molar-refractivity contribution is 0.0456. The van der Waals surface area contributed by atoms with E-state index in [1.807, 2.05) is 30.3 Å². The molecule has 78 valence electrons. The number of hydrogen-bond acceptors (Lipinski definition) is 3. The molecule has 1 unspecified atom stereocenters. The number of rotatable bonds is 1. The fourth-order valence-corrected chi connectivity index (χ4v) is 1.91. The van der Waals surface area contributed by atoms with E-state index in [9.17, 15) is 4.79 Å². The monoisotopic (exact) mass is 211 g/mol. The van der Waals surface area contributed by atoms with Gasteiger partial charge >= 0.3 is 5.97 Å². The van der Waals surface area contributed by atoms with Crippen molar-refractivity contribution in [2.45, 2.75) is 6.10 Å². The van der Waals surface area contributed by atoms with Crippen molar-refractivity contribution >= 4 is 5.97 Å². The van der Waals surface area contributed by atoms with Gasteiger partial charge in [0.05, 0.1) is 5.56 Å². The molecule has 2 heterocycles. The van der Waals surface area contributed by atoms with Gasteiger partial charge in [-0.05, 0) is 11.6 Å². The van der Waals surface area contributed by atoms with Crippen molar-refractivity contribution in [3.8, 4) is 0 Å². The average molecular weight is 211 g/mol. The van der Waals surface area contributed by atoms with Gasteiger partial charge in [0.15, 0.2) is 6.10 Å². The topological polar surface area (TPSA) is 39.2 Å². The zero-order valence-corrected chi connectivity index (χ0v) is 8.46. The maximum atomic E-state index is 11.6. The number of esters is 1. The molecule has 2 aromatic rings. The molecule has 3 rings (SSSR count). The van der Waals surface area contributed by atoms with Crippen LogP contribution < -0.4 is 0 Å². The van der Waals surface area contributed by atoms with Crippen LogP contribution in [-0.4, -0.2) is 11.0 Å². The zero-order valence-electron chi connectivity index (χ0n) is 8.46. The lowest BCUT2D eigenvalue weighted by Crippen LogP contribution is -2.00. The van der Waals surface area contributed by atoms with Crippen molar-refractivity contribution in [3.05, 3.63) is 65.5 Å². The standard InChI is InChI=1S/C13H9NO2/c15-13-10-6-7-14-8-11(10)12(16-13)9-4-2-1-3-5-9/h1-8,12H. The van der Waals surface area contributed by atoms with E-state index in [2.05, 4.69) is 4.98 Å². The predicted octanol–water partition coefficient (Wildman–Crippen LogP) is 2.34. The SMILES string of the molecule is O=C1OC(c2ccccc2)c2cnccc21. The molecular weight excluding hydrogens is 202 g/mol. The first kappa shape index (κ1) is 9.09. The third-order valence-electron chi connectivity index (χ3n) is 2.68. The first-order valence-corrected chi connectivity index (χ1v) is 5.06. The molecule has 1 atom stereocenters. The summed E-state index contributed by atoms with van der Waals surface area (Å²) in [5.41, 5.74) is 2.44. The third-order valence-corrected chi connectivity index (χ3v) is 2.68. The third kappa shape index (κ3) is 1.29. The van der Waals surface area contributed by atoms with E-state index in [4.69, 9.17) is 4.74 Å². The lowest BCUT2D eigenvalue weighted by Gasteiger charge is -2.09.